The lowest BCUT2D eigenvalue weighted by Crippen LogP contribution is -2.21. The number of carbonyl (C=O) groups excluding carboxylic acids is 2. The largest absolute Gasteiger partial charge is 0.322 e. The number of carbonyl (C=O) groups is 2. The Morgan fingerprint density at radius 1 is 0.939 bits per heavy atom. The SMILES string of the molecule is C/C(=N/NC(=O)CSCc1ccc([N+](=O)[O-])cc1)c1ccc(NC(=O)c2ccccc2)cc1. The van der Waals surface area contributed by atoms with E-state index in [4.69, 9.17) is 0 Å². The summed E-state index contributed by atoms with van der Waals surface area (Å²) in [4.78, 5) is 34.5. The molecule has 0 bridgehead atoms. The third-order valence-electron chi connectivity index (χ3n) is 4.59. The zero-order valence-corrected chi connectivity index (χ0v) is 18.7. The van der Waals surface area contributed by atoms with E-state index in [9.17, 15) is 19.7 Å². The lowest BCUT2D eigenvalue weighted by atomic mass is 10.1. The predicted molar refractivity (Wildman–Crippen MR) is 130 cm³/mol. The molecule has 0 atom stereocenters. The van der Waals surface area contributed by atoms with Crippen LogP contribution in [0.25, 0.3) is 0 Å². The monoisotopic (exact) mass is 462 g/mol. The van der Waals surface area contributed by atoms with Gasteiger partial charge in [0, 0.05) is 29.1 Å². The number of rotatable bonds is 9. The first-order valence-corrected chi connectivity index (χ1v) is 11.2. The highest BCUT2D eigenvalue weighted by Crippen LogP contribution is 2.17. The second-order valence-electron chi connectivity index (χ2n) is 7.05. The Morgan fingerprint density at radius 3 is 2.24 bits per heavy atom. The normalized spacial score (nSPS) is 11.0. The van der Waals surface area contributed by atoms with Gasteiger partial charge in [-0.2, -0.15) is 5.10 Å². The molecule has 0 spiro atoms. The average Bonchev–Trinajstić information content (AvgIpc) is 2.84. The Hall–Kier alpha value is -3.98. The highest BCUT2D eigenvalue weighted by molar-refractivity contribution is 7.99. The number of thioether (sulfide) groups is 1. The van der Waals surface area contributed by atoms with Crippen molar-refractivity contribution in [3.8, 4) is 0 Å². The molecule has 8 nitrogen and oxygen atoms in total. The molecular weight excluding hydrogens is 440 g/mol. The molecular formula is C24H22N4O4S. The van der Waals surface area contributed by atoms with Gasteiger partial charge in [0.2, 0.25) is 5.91 Å². The molecule has 168 valence electrons. The molecule has 0 saturated heterocycles. The van der Waals surface area contributed by atoms with E-state index in [2.05, 4.69) is 15.8 Å². The Labute approximate surface area is 195 Å². The molecule has 33 heavy (non-hydrogen) atoms. The van der Waals surface area contributed by atoms with E-state index in [1.807, 2.05) is 18.2 Å². The summed E-state index contributed by atoms with van der Waals surface area (Å²) in [5.74, 6) is 0.336. The summed E-state index contributed by atoms with van der Waals surface area (Å²) in [5.41, 5.74) is 6.15. The van der Waals surface area contributed by atoms with Crippen LogP contribution in [0, 0.1) is 10.1 Å². The van der Waals surface area contributed by atoms with Gasteiger partial charge in [0.25, 0.3) is 11.6 Å². The molecule has 0 saturated carbocycles. The van der Waals surface area contributed by atoms with Crippen LogP contribution < -0.4 is 10.7 Å². The fourth-order valence-corrected chi connectivity index (χ4v) is 3.59. The van der Waals surface area contributed by atoms with Gasteiger partial charge in [-0.05, 0) is 42.3 Å². The number of hydrogen-bond donors (Lipinski definition) is 2. The molecule has 0 heterocycles. The van der Waals surface area contributed by atoms with Gasteiger partial charge in [-0.1, -0.05) is 42.5 Å². The summed E-state index contributed by atoms with van der Waals surface area (Å²) in [7, 11) is 0. The number of anilines is 1. The number of amides is 2. The first-order chi connectivity index (χ1) is 15.9. The van der Waals surface area contributed by atoms with Gasteiger partial charge in [0.15, 0.2) is 0 Å². The van der Waals surface area contributed by atoms with Crippen LogP contribution in [0.4, 0.5) is 11.4 Å². The van der Waals surface area contributed by atoms with E-state index in [-0.39, 0.29) is 23.3 Å². The summed E-state index contributed by atoms with van der Waals surface area (Å²) in [6.07, 6.45) is 0. The molecule has 2 amide bonds. The number of hydrazone groups is 1. The highest BCUT2D eigenvalue weighted by atomic mass is 32.2. The molecule has 0 aliphatic rings. The Balaban J connectivity index is 1.45. The molecule has 0 unspecified atom stereocenters. The van der Waals surface area contributed by atoms with Gasteiger partial charge >= 0.3 is 0 Å². The fourth-order valence-electron chi connectivity index (χ4n) is 2.81. The molecule has 0 aliphatic heterocycles. The molecule has 9 heteroatoms. The Kier molecular flexibility index (Phi) is 8.31. The lowest BCUT2D eigenvalue weighted by Gasteiger charge is -2.07. The minimum Gasteiger partial charge on any atom is -0.322 e. The van der Waals surface area contributed by atoms with Crippen LogP contribution in [0.1, 0.15) is 28.4 Å². The van der Waals surface area contributed by atoms with Crippen molar-refractivity contribution >= 4 is 40.7 Å². The van der Waals surface area contributed by atoms with Crippen molar-refractivity contribution in [2.24, 2.45) is 5.10 Å². The maximum atomic E-state index is 12.2. The van der Waals surface area contributed by atoms with Crippen LogP contribution in [-0.2, 0) is 10.5 Å². The highest BCUT2D eigenvalue weighted by Gasteiger charge is 2.07. The van der Waals surface area contributed by atoms with E-state index in [0.717, 1.165) is 11.1 Å². The minimum atomic E-state index is -0.445. The maximum absolute atomic E-state index is 12.2. The van der Waals surface area contributed by atoms with Crippen LogP contribution in [0.3, 0.4) is 0 Å². The van der Waals surface area contributed by atoms with Crippen LogP contribution in [0.5, 0.6) is 0 Å². The molecule has 0 radical (unpaired) electrons. The predicted octanol–water partition coefficient (Wildman–Crippen LogP) is 4.62. The van der Waals surface area contributed by atoms with E-state index in [1.165, 1.54) is 23.9 Å². The van der Waals surface area contributed by atoms with Crippen molar-refractivity contribution in [2.45, 2.75) is 12.7 Å². The second-order valence-corrected chi connectivity index (χ2v) is 8.03. The summed E-state index contributed by atoms with van der Waals surface area (Å²) < 4.78 is 0. The number of nitrogens with one attached hydrogen (secondary N) is 2. The summed E-state index contributed by atoms with van der Waals surface area (Å²) in [6.45, 7) is 1.78. The van der Waals surface area contributed by atoms with Gasteiger partial charge in [0.05, 0.1) is 16.4 Å². The van der Waals surface area contributed by atoms with Crippen molar-refractivity contribution in [1.82, 2.24) is 5.43 Å². The van der Waals surface area contributed by atoms with E-state index < -0.39 is 4.92 Å². The number of nitro groups is 1. The lowest BCUT2D eigenvalue weighted by molar-refractivity contribution is -0.384. The van der Waals surface area contributed by atoms with Crippen LogP contribution in [0.15, 0.2) is 84.0 Å². The molecule has 0 fully saturated rings. The molecule has 3 aromatic carbocycles. The maximum Gasteiger partial charge on any atom is 0.269 e. The van der Waals surface area contributed by atoms with Crippen LogP contribution in [0.2, 0.25) is 0 Å². The number of hydrogen-bond acceptors (Lipinski definition) is 6. The first-order valence-electron chi connectivity index (χ1n) is 10.0. The molecule has 0 aliphatic carbocycles. The third kappa shape index (κ3) is 7.29. The fraction of sp³-hybridized carbons (Fsp3) is 0.125. The summed E-state index contributed by atoms with van der Waals surface area (Å²) in [6, 6.07) is 22.4. The van der Waals surface area contributed by atoms with Gasteiger partial charge in [0.1, 0.15) is 0 Å². The number of non-ortho nitro benzene ring substituents is 1. The van der Waals surface area contributed by atoms with Crippen molar-refractivity contribution in [1.29, 1.82) is 0 Å². The third-order valence-corrected chi connectivity index (χ3v) is 5.60. The zero-order chi connectivity index (χ0) is 23.6. The minimum absolute atomic E-state index is 0.0397. The molecule has 2 N–H and O–H groups in total. The van der Waals surface area contributed by atoms with Gasteiger partial charge in [-0.3, -0.25) is 19.7 Å². The van der Waals surface area contributed by atoms with E-state index in [0.29, 0.717) is 22.7 Å². The first kappa shape index (κ1) is 23.7. The molecule has 3 rings (SSSR count). The Morgan fingerprint density at radius 2 is 1.61 bits per heavy atom. The molecule has 3 aromatic rings. The summed E-state index contributed by atoms with van der Waals surface area (Å²) in [5, 5.41) is 17.6. The average molecular weight is 463 g/mol. The molecule has 0 aromatic heterocycles. The standard InChI is InChI=1S/C24H22N4O4S/c1-17(19-9-11-21(12-10-19)25-24(30)20-5-3-2-4-6-20)26-27-23(29)16-33-15-18-7-13-22(14-8-18)28(31)32/h2-14H,15-16H2,1H3,(H,25,30)(H,27,29)/b26-17-. The topological polar surface area (TPSA) is 114 Å². The zero-order valence-electron chi connectivity index (χ0n) is 17.9. The quantitative estimate of drug-likeness (QED) is 0.274. The Bertz CT molecular complexity index is 1150. The van der Waals surface area contributed by atoms with Crippen molar-refractivity contribution in [3.05, 3.63) is 106 Å². The van der Waals surface area contributed by atoms with Crippen molar-refractivity contribution in [3.63, 3.8) is 0 Å². The van der Waals surface area contributed by atoms with Crippen LogP contribution in [-0.4, -0.2) is 28.2 Å². The van der Waals surface area contributed by atoms with Crippen molar-refractivity contribution in [2.75, 3.05) is 11.1 Å². The van der Waals surface area contributed by atoms with Crippen LogP contribution >= 0.6 is 11.8 Å². The van der Waals surface area contributed by atoms with Crippen molar-refractivity contribution < 1.29 is 14.5 Å². The van der Waals surface area contributed by atoms with E-state index in [1.54, 1.807) is 55.5 Å². The van der Waals surface area contributed by atoms with E-state index >= 15 is 0 Å². The second kappa shape index (κ2) is 11.6. The smallest absolute Gasteiger partial charge is 0.269 e. The number of nitro benzene ring substituents is 1. The number of benzene rings is 3. The van der Waals surface area contributed by atoms with Gasteiger partial charge in [-0.15, -0.1) is 11.8 Å². The summed E-state index contributed by atoms with van der Waals surface area (Å²) >= 11 is 1.39. The van der Waals surface area contributed by atoms with Gasteiger partial charge < -0.3 is 5.32 Å². The van der Waals surface area contributed by atoms with Gasteiger partial charge in [-0.25, -0.2) is 5.43 Å². The number of nitrogens with zero attached hydrogens (tertiary/aromatic N) is 2.